The molecule has 1 amide bonds. The molecule has 6 heteroatoms. The van der Waals surface area contributed by atoms with E-state index in [1.54, 1.807) is 24.4 Å². The van der Waals surface area contributed by atoms with Crippen LogP contribution in [0.25, 0.3) is 10.9 Å². The second-order valence-electron chi connectivity index (χ2n) is 6.81. The predicted octanol–water partition coefficient (Wildman–Crippen LogP) is 3.18. The van der Waals surface area contributed by atoms with Gasteiger partial charge in [-0.1, -0.05) is 30.3 Å². The van der Waals surface area contributed by atoms with E-state index in [1.807, 2.05) is 24.3 Å². The Kier molecular flexibility index (Phi) is 5.60. The number of hydrogen-bond donors (Lipinski definition) is 1. The van der Waals surface area contributed by atoms with Crippen LogP contribution in [0.5, 0.6) is 0 Å². The van der Waals surface area contributed by atoms with Gasteiger partial charge in [0.1, 0.15) is 5.82 Å². The SMILES string of the molecule is O=C(NCC(c1ccc(F)cc1)N1CCOCC1)c1cccc2cccnc12. The van der Waals surface area contributed by atoms with Gasteiger partial charge in [0.15, 0.2) is 0 Å². The third-order valence-electron chi connectivity index (χ3n) is 5.07. The molecule has 3 aromatic rings. The summed E-state index contributed by atoms with van der Waals surface area (Å²) in [5.41, 5.74) is 2.21. The van der Waals surface area contributed by atoms with Gasteiger partial charge >= 0.3 is 0 Å². The predicted molar refractivity (Wildman–Crippen MR) is 106 cm³/mol. The lowest BCUT2D eigenvalue weighted by Crippen LogP contribution is -2.43. The molecule has 1 aliphatic heterocycles. The molecule has 1 fully saturated rings. The number of halogens is 1. The molecule has 1 saturated heterocycles. The number of pyridine rings is 1. The molecule has 144 valence electrons. The van der Waals surface area contributed by atoms with Gasteiger partial charge in [-0.05, 0) is 29.8 Å². The Labute approximate surface area is 163 Å². The van der Waals surface area contributed by atoms with Crippen molar-refractivity contribution in [1.82, 2.24) is 15.2 Å². The fourth-order valence-corrected chi connectivity index (χ4v) is 3.60. The first-order valence-corrected chi connectivity index (χ1v) is 9.41. The number of carbonyl (C=O) groups excluding carboxylic acids is 1. The number of hydrogen-bond acceptors (Lipinski definition) is 4. The quantitative estimate of drug-likeness (QED) is 0.740. The van der Waals surface area contributed by atoms with Crippen LogP contribution in [-0.4, -0.2) is 48.6 Å². The van der Waals surface area contributed by atoms with Crippen LogP contribution in [0.15, 0.2) is 60.8 Å². The first kappa shape index (κ1) is 18.5. The molecule has 2 aromatic carbocycles. The van der Waals surface area contributed by atoms with E-state index in [2.05, 4.69) is 15.2 Å². The molecule has 1 aliphatic rings. The van der Waals surface area contributed by atoms with Crippen LogP contribution in [0.1, 0.15) is 22.0 Å². The zero-order chi connectivity index (χ0) is 19.3. The van der Waals surface area contributed by atoms with Crippen molar-refractivity contribution in [2.45, 2.75) is 6.04 Å². The molecule has 1 atom stereocenters. The van der Waals surface area contributed by atoms with E-state index in [-0.39, 0.29) is 17.8 Å². The van der Waals surface area contributed by atoms with Crippen LogP contribution < -0.4 is 5.32 Å². The highest BCUT2D eigenvalue weighted by molar-refractivity contribution is 6.05. The van der Waals surface area contributed by atoms with E-state index in [9.17, 15) is 9.18 Å². The van der Waals surface area contributed by atoms with Crippen molar-refractivity contribution in [3.8, 4) is 0 Å². The smallest absolute Gasteiger partial charge is 0.253 e. The number of benzene rings is 2. The molecule has 1 unspecified atom stereocenters. The first-order valence-electron chi connectivity index (χ1n) is 9.41. The van der Waals surface area contributed by atoms with Gasteiger partial charge in [0.2, 0.25) is 0 Å². The maximum Gasteiger partial charge on any atom is 0.253 e. The van der Waals surface area contributed by atoms with Crippen LogP contribution >= 0.6 is 0 Å². The molecule has 4 rings (SSSR count). The average molecular weight is 379 g/mol. The van der Waals surface area contributed by atoms with Crippen LogP contribution in [0.4, 0.5) is 4.39 Å². The van der Waals surface area contributed by atoms with E-state index >= 15 is 0 Å². The maximum atomic E-state index is 13.4. The number of carbonyl (C=O) groups is 1. The van der Waals surface area contributed by atoms with E-state index in [0.29, 0.717) is 30.8 Å². The highest BCUT2D eigenvalue weighted by atomic mass is 19.1. The maximum absolute atomic E-state index is 13.4. The summed E-state index contributed by atoms with van der Waals surface area (Å²) in [6, 6.07) is 15.8. The summed E-state index contributed by atoms with van der Waals surface area (Å²) in [5.74, 6) is -0.431. The van der Waals surface area contributed by atoms with Gasteiger partial charge in [-0.15, -0.1) is 0 Å². The number of morpholine rings is 1. The number of nitrogens with zero attached hydrogens (tertiary/aromatic N) is 2. The van der Waals surface area contributed by atoms with Gasteiger partial charge in [-0.3, -0.25) is 14.7 Å². The molecule has 0 radical (unpaired) electrons. The third-order valence-corrected chi connectivity index (χ3v) is 5.07. The molecule has 0 spiro atoms. The summed E-state index contributed by atoms with van der Waals surface area (Å²) in [7, 11) is 0. The Morgan fingerprint density at radius 2 is 1.86 bits per heavy atom. The zero-order valence-corrected chi connectivity index (χ0v) is 15.5. The Morgan fingerprint density at radius 3 is 2.64 bits per heavy atom. The molecule has 28 heavy (non-hydrogen) atoms. The molecule has 1 N–H and O–H groups in total. The lowest BCUT2D eigenvalue weighted by atomic mass is 10.0. The topological polar surface area (TPSA) is 54.5 Å². The zero-order valence-electron chi connectivity index (χ0n) is 15.5. The molecular weight excluding hydrogens is 357 g/mol. The molecular formula is C22H22FN3O2. The summed E-state index contributed by atoms with van der Waals surface area (Å²) in [5, 5.41) is 3.98. The summed E-state index contributed by atoms with van der Waals surface area (Å²) in [6.45, 7) is 3.27. The van der Waals surface area contributed by atoms with Crippen LogP contribution in [-0.2, 0) is 4.74 Å². The molecule has 1 aromatic heterocycles. The van der Waals surface area contributed by atoms with Gasteiger partial charge in [0, 0.05) is 31.2 Å². The summed E-state index contributed by atoms with van der Waals surface area (Å²) < 4.78 is 18.8. The normalized spacial score (nSPS) is 16.0. The Hall–Kier alpha value is -2.83. The molecule has 0 saturated carbocycles. The van der Waals surface area contributed by atoms with Crippen molar-refractivity contribution >= 4 is 16.8 Å². The van der Waals surface area contributed by atoms with Gasteiger partial charge in [-0.2, -0.15) is 0 Å². The number of ether oxygens (including phenoxy) is 1. The monoisotopic (exact) mass is 379 g/mol. The summed E-state index contributed by atoms with van der Waals surface area (Å²) in [4.78, 5) is 19.5. The number of amides is 1. The van der Waals surface area contributed by atoms with Crippen molar-refractivity contribution in [3.63, 3.8) is 0 Å². The summed E-state index contributed by atoms with van der Waals surface area (Å²) in [6.07, 6.45) is 1.69. The van der Waals surface area contributed by atoms with Crippen molar-refractivity contribution in [2.75, 3.05) is 32.8 Å². The number of fused-ring (bicyclic) bond motifs is 1. The van der Waals surface area contributed by atoms with Crippen LogP contribution in [0.3, 0.4) is 0 Å². The molecule has 5 nitrogen and oxygen atoms in total. The fourth-order valence-electron chi connectivity index (χ4n) is 3.60. The summed E-state index contributed by atoms with van der Waals surface area (Å²) >= 11 is 0. The first-order chi connectivity index (χ1) is 13.7. The average Bonchev–Trinajstić information content (AvgIpc) is 2.75. The third kappa shape index (κ3) is 4.03. The van der Waals surface area contributed by atoms with E-state index < -0.39 is 0 Å². The van der Waals surface area contributed by atoms with Gasteiger partial charge in [0.25, 0.3) is 5.91 Å². The van der Waals surface area contributed by atoms with Crippen LogP contribution in [0, 0.1) is 5.82 Å². The van der Waals surface area contributed by atoms with Gasteiger partial charge < -0.3 is 10.1 Å². The highest BCUT2D eigenvalue weighted by Crippen LogP contribution is 2.22. The molecule has 0 aliphatic carbocycles. The standard InChI is InChI=1S/C22H22FN3O2/c23-18-8-6-16(7-9-18)20(26-11-13-28-14-12-26)15-25-22(27)19-5-1-3-17-4-2-10-24-21(17)19/h1-10,20H,11-15H2,(H,25,27). The minimum Gasteiger partial charge on any atom is -0.379 e. The largest absolute Gasteiger partial charge is 0.379 e. The number of rotatable bonds is 5. The van der Waals surface area contributed by atoms with Gasteiger partial charge in [-0.25, -0.2) is 4.39 Å². The Bertz CT molecular complexity index is 950. The van der Waals surface area contributed by atoms with E-state index in [0.717, 1.165) is 24.0 Å². The molecule has 2 heterocycles. The highest BCUT2D eigenvalue weighted by Gasteiger charge is 2.24. The van der Waals surface area contributed by atoms with Crippen molar-refractivity contribution < 1.29 is 13.9 Å². The van der Waals surface area contributed by atoms with Crippen LogP contribution in [0.2, 0.25) is 0 Å². The number of para-hydroxylation sites is 1. The number of nitrogens with one attached hydrogen (secondary N) is 1. The fraction of sp³-hybridized carbons (Fsp3) is 0.273. The van der Waals surface area contributed by atoms with Crippen molar-refractivity contribution in [3.05, 3.63) is 77.7 Å². The second kappa shape index (κ2) is 8.46. The lowest BCUT2D eigenvalue weighted by molar-refractivity contribution is 0.0162. The lowest BCUT2D eigenvalue weighted by Gasteiger charge is -2.35. The van der Waals surface area contributed by atoms with Crippen molar-refractivity contribution in [2.24, 2.45) is 0 Å². The van der Waals surface area contributed by atoms with E-state index in [1.165, 1.54) is 12.1 Å². The van der Waals surface area contributed by atoms with Gasteiger partial charge in [0.05, 0.1) is 30.3 Å². The second-order valence-corrected chi connectivity index (χ2v) is 6.81. The van der Waals surface area contributed by atoms with E-state index in [4.69, 9.17) is 4.74 Å². The molecule has 0 bridgehead atoms. The minimum absolute atomic E-state index is 0.0450. The Morgan fingerprint density at radius 1 is 1.11 bits per heavy atom. The Balaban J connectivity index is 1.54. The van der Waals surface area contributed by atoms with Crippen molar-refractivity contribution in [1.29, 1.82) is 0 Å². The minimum atomic E-state index is -0.268. The number of aromatic nitrogens is 1.